The summed E-state index contributed by atoms with van der Waals surface area (Å²) in [5.74, 6) is 0.812. The maximum absolute atomic E-state index is 4.33. The van der Waals surface area contributed by atoms with Gasteiger partial charge in [-0.15, -0.1) is 24.0 Å². The zero-order valence-electron chi connectivity index (χ0n) is 15.9. The van der Waals surface area contributed by atoms with Crippen LogP contribution in [0.1, 0.15) is 23.7 Å². The van der Waals surface area contributed by atoms with Crippen LogP contribution < -0.4 is 10.6 Å². The van der Waals surface area contributed by atoms with E-state index in [4.69, 9.17) is 0 Å². The van der Waals surface area contributed by atoms with Crippen LogP contribution in [-0.2, 0) is 19.5 Å². The first-order valence-electron chi connectivity index (χ1n) is 8.82. The Morgan fingerprint density at radius 2 is 1.92 bits per heavy atom. The van der Waals surface area contributed by atoms with E-state index in [2.05, 4.69) is 63.7 Å². The second-order valence-electron chi connectivity index (χ2n) is 6.07. The van der Waals surface area contributed by atoms with Crippen LogP contribution >= 0.6 is 24.0 Å². The molecule has 26 heavy (non-hydrogen) atoms. The molecule has 0 fully saturated rings. The topological polar surface area (TPSA) is 52.5 Å². The number of benzene rings is 1. The molecule has 0 radical (unpaired) electrons. The number of pyridine rings is 1. The lowest BCUT2D eigenvalue weighted by Crippen LogP contribution is -2.37. The Morgan fingerprint density at radius 1 is 1.12 bits per heavy atom. The molecule has 0 saturated heterocycles. The molecule has 142 valence electrons. The Morgan fingerprint density at radius 3 is 2.62 bits per heavy atom. The fourth-order valence-electron chi connectivity index (χ4n) is 2.52. The summed E-state index contributed by atoms with van der Waals surface area (Å²) in [7, 11) is 3.93. The van der Waals surface area contributed by atoms with E-state index in [1.807, 2.05) is 24.4 Å². The van der Waals surface area contributed by atoms with Crippen molar-refractivity contribution in [2.24, 2.45) is 4.99 Å². The van der Waals surface area contributed by atoms with Crippen molar-refractivity contribution in [1.29, 1.82) is 0 Å². The molecule has 0 spiro atoms. The zero-order chi connectivity index (χ0) is 17.9. The minimum atomic E-state index is 0. The van der Waals surface area contributed by atoms with Crippen molar-refractivity contribution in [2.45, 2.75) is 26.4 Å². The average molecular weight is 467 g/mol. The van der Waals surface area contributed by atoms with Crippen molar-refractivity contribution in [3.05, 3.63) is 65.5 Å². The molecule has 0 aliphatic heterocycles. The van der Waals surface area contributed by atoms with E-state index in [9.17, 15) is 0 Å². The van der Waals surface area contributed by atoms with Gasteiger partial charge in [-0.25, -0.2) is 0 Å². The van der Waals surface area contributed by atoms with Gasteiger partial charge in [-0.05, 0) is 36.9 Å². The molecule has 0 aliphatic rings. The minimum absolute atomic E-state index is 0. The van der Waals surface area contributed by atoms with E-state index in [1.54, 1.807) is 7.05 Å². The lowest BCUT2D eigenvalue weighted by Gasteiger charge is -2.15. The summed E-state index contributed by atoms with van der Waals surface area (Å²) in [6.07, 6.45) is 2.70. The van der Waals surface area contributed by atoms with Crippen LogP contribution in [0.3, 0.4) is 0 Å². The van der Waals surface area contributed by atoms with Gasteiger partial charge in [0, 0.05) is 45.0 Å². The summed E-state index contributed by atoms with van der Waals surface area (Å²) < 4.78 is 0. The number of aliphatic imine (C=N–C) groups is 1. The first-order valence-corrected chi connectivity index (χ1v) is 8.82. The molecular formula is C20H30IN5. The molecular weight excluding hydrogens is 437 g/mol. The van der Waals surface area contributed by atoms with Crippen molar-refractivity contribution in [3.8, 4) is 0 Å². The Labute approximate surface area is 174 Å². The molecule has 0 bridgehead atoms. The highest BCUT2D eigenvalue weighted by molar-refractivity contribution is 14.0. The molecule has 0 atom stereocenters. The van der Waals surface area contributed by atoms with Gasteiger partial charge in [0.1, 0.15) is 0 Å². The van der Waals surface area contributed by atoms with E-state index in [0.717, 1.165) is 44.3 Å². The Hall–Kier alpha value is -1.67. The van der Waals surface area contributed by atoms with Crippen molar-refractivity contribution in [1.82, 2.24) is 20.5 Å². The van der Waals surface area contributed by atoms with Crippen LogP contribution in [0.4, 0.5) is 0 Å². The second-order valence-corrected chi connectivity index (χ2v) is 6.07. The smallest absolute Gasteiger partial charge is 0.191 e. The van der Waals surface area contributed by atoms with Crippen LogP contribution in [0.2, 0.25) is 0 Å². The van der Waals surface area contributed by atoms with Crippen LogP contribution in [-0.4, -0.2) is 43.0 Å². The predicted octanol–water partition coefficient (Wildman–Crippen LogP) is 3.06. The van der Waals surface area contributed by atoms with E-state index < -0.39 is 0 Å². The van der Waals surface area contributed by atoms with E-state index in [0.29, 0.717) is 0 Å². The Balaban J connectivity index is 0.00000338. The van der Waals surface area contributed by atoms with Crippen LogP contribution in [0.25, 0.3) is 0 Å². The van der Waals surface area contributed by atoms with Gasteiger partial charge in [0.2, 0.25) is 0 Å². The molecule has 2 rings (SSSR count). The number of hydrogen-bond donors (Lipinski definition) is 2. The zero-order valence-corrected chi connectivity index (χ0v) is 18.2. The van der Waals surface area contributed by atoms with Crippen molar-refractivity contribution in [2.75, 3.05) is 27.2 Å². The van der Waals surface area contributed by atoms with Crippen molar-refractivity contribution in [3.63, 3.8) is 0 Å². The summed E-state index contributed by atoms with van der Waals surface area (Å²) >= 11 is 0. The molecule has 2 N–H and O–H groups in total. The highest BCUT2D eigenvalue weighted by Gasteiger charge is 2.02. The molecule has 6 heteroatoms. The molecule has 5 nitrogen and oxygen atoms in total. The van der Waals surface area contributed by atoms with Gasteiger partial charge in [0.05, 0.1) is 0 Å². The molecule has 1 aromatic carbocycles. The quantitative estimate of drug-likeness (QED) is 0.356. The summed E-state index contributed by atoms with van der Waals surface area (Å²) in [5.41, 5.74) is 3.68. The highest BCUT2D eigenvalue weighted by Crippen LogP contribution is 2.07. The Bertz CT molecular complexity index is 660. The summed E-state index contributed by atoms with van der Waals surface area (Å²) in [5, 5.41) is 6.71. The number of nitrogens with zero attached hydrogens (tertiary/aromatic N) is 3. The Kier molecular flexibility index (Phi) is 10.9. The van der Waals surface area contributed by atoms with E-state index >= 15 is 0 Å². The van der Waals surface area contributed by atoms with Gasteiger partial charge in [-0.3, -0.25) is 9.98 Å². The number of nitrogens with one attached hydrogen (secondary N) is 2. The average Bonchev–Trinajstić information content (AvgIpc) is 2.65. The molecule has 0 amide bonds. The molecule has 0 unspecified atom stereocenters. The molecule has 0 saturated carbocycles. The fourth-order valence-corrected chi connectivity index (χ4v) is 2.52. The summed E-state index contributed by atoms with van der Waals surface area (Å²) in [6, 6.07) is 14.7. The van der Waals surface area contributed by atoms with Crippen LogP contribution in [0.5, 0.6) is 0 Å². The second kappa shape index (κ2) is 12.6. The lowest BCUT2D eigenvalue weighted by molar-refractivity contribution is 0.345. The first kappa shape index (κ1) is 22.4. The predicted molar refractivity (Wildman–Crippen MR) is 120 cm³/mol. The van der Waals surface area contributed by atoms with Crippen LogP contribution in [0, 0.1) is 0 Å². The van der Waals surface area contributed by atoms with Gasteiger partial charge in [-0.1, -0.05) is 37.3 Å². The monoisotopic (exact) mass is 467 g/mol. The van der Waals surface area contributed by atoms with Gasteiger partial charge in [-0.2, -0.15) is 0 Å². The van der Waals surface area contributed by atoms with E-state index in [-0.39, 0.29) is 24.0 Å². The summed E-state index contributed by atoms with van der Waals surface area (Å²) in [4.78, 5) is 10.9. The number of guanidine groups is 1. The van der Waals surface area contributed by atoms with Crippen molar-refractivity contribution < 1.29 is 0 Å². The van der Waals surface area contributed by atoms with Gasteiger partial charge < -0.3 is 15.5 Å². The SMILES string of the molecule is CCN(C)Cc1cccc(CNC(=NC)NCCc2ccccn2)c1.I. The van der Waals surface area contributed by atoms with Gasteiger partial charge in [0.25, 0.3) is 0 Å². The van der Waals surface area contributed by atoms with Crippen molar-refractivity contribution >= 4 is 29.9 Å². The largest absolute Gasteiger partial charge is 0.356 e. The lowest BCUT2D eigenvalue weighted by atomic mass is 10.1. The third-order valence-corrected chi connectivity index (χ3v) is 4.07. The molecule has 1 aromatic heterocycles. The first-order chi connectivity index (χ1) is 12.2. The number of halogens is 1. The molecule has 0 aliphatic carbocycles. The summed E-state index contributed by atoms with van der Waals surface area (Å²) in [6.45, 7) is 5.76. The maximum Gasteiger partial charge on any atom is 0.191 e. The molecule has 1 heterocycles. The van der Waals surface area contributed by atoms with Gasteiger partial charge in [0.15, 0.2) is 5.96 Å². The third kappa shape index (κ3) is 8.14. The highest BCUT2D eigenvalue weighted by atomic mass is 127. The maximum atomic E-state index is 4.33. The minimum Gasteiger partial charge on any atom is -0.356 e. The normalized spacial score (nSPS) is 11.2. The van der Waals surface area contributed by atoms with Crippen LogP contribution in [0.15, 0.2) is 53.7 Å². The number of aromatic nitrogens is 1. The standard InChI is InChI=1S/C20H29N5.HI/c1-4-25(3)16-18-9-7-8-17(14-18)15-24-20(21-2)23-13-11-19-10-5-6-12-22-19;/h5-10,12,14H,4,11,13,15-16H2,1-3H3,(H2,21,23,24);1H. The number of hydrogen-bond acceptors (Lipinski definition) is 3. The third-order valence-electron chi connectivity index (χ3n) is 4.07. The number of rotatable bonds is 8. The van der Waals surface area contributed by atoms with E-state index in [1.165, 1.54) is 11.1 Å². The van der Waals surface area contributed by atoms with Gasteiger partial charge >= 0.3 is 0 Å². The molecule has 2 aromatic rings. The fraction of sp³-hybridized carbons (Fsp3) is 0.400.